The first-order valence-corrected chi connectivity index (χ1v) is 12.6. The average molecular weight is 512 g/mol. The molecule has 0 saturated heterocycles. The van der Waals surface area contributed by atoms with Gasteiger partial charge in [0.15, 0.2) is 5.78 Å². The lowest BCUT2D eigenvalue weighted by molar-refractivity contribution is -0.160. The smallest absolute Gasteiger partial charge is 0.310 e. The van der Waals surface area contributed by atoms with Crippen LogP contribution in [0.15, 0.2) is 36.4 Å². The van der Waals surface area contributed by atoms with Crippen LogP contribution in [-0.4, -0.2) is 55.0 Å². The second-order valence-corrected chi connectivity index (χ2v) is 9.67. The summed E-state index contributed by atoms with van der Waals surface area (Å²) in [5.74, 6) is -0.587. The standard InChI is InChI=1S/C29H37NO7/c1-19-23(16-24(35-4)26(21(3)31)27(19)36-5)20(2)30(14-15-37-18-22-10-7-6-8-11-22)25(32)17-29(28(33)34)12-9-13-29/h6-8,10-11,16,20H,9,12-15,17-18H2,1-5H3,(H,33,34). The zero-order chi connectivity index (χ0) is 27.2. The molecular formula is C29H37NO7. The monoisotopic (exact) mass is 511 g/mol. The van der Waals surface area contributed by atoms with Gasteiger partial charge in [0.25, 0.3) is 0 Å². The van der Waals surface area contributed by atoms with Gasteiger partial charge in [0.05, 0.1) is 38.9 Å². The summed E-state index contributed by atoms with van der Waals surface area (Å²) in [6.45, 7) is 6.15. The number of ether oxygens (including phenoxy) is 3. The molecule has 0 bridgehead atoms. The number of carboxylic acids is 1. The third-order valence-corrected chi connectivity index (χ3v) is 7.39. The van der Waals surface area contributed by atoms with Crippen molar-refractivity contribution in [2.24, 2.45) is 5.41 Å². The van der Waals surface area contributed by atoms with Gasteiger partial charge < -0.3 is 24.2 Å². The highest BCUT2D eigenvalue weighted by Crippen LogP contribution is 2.45. The molecule has 8 nitrogen and oxygen atoms in total. The molecule has 0 aromatic heterocycles. The van der Waals surface area contributed by atoms with Crippen LogP contribution in [0.3, 0.4) is 0 Å². The molecule has 1 atom stereocenters. The summed E-state index contributed by atoms with van der Waals surface area (Å²) in [6.07, 6.45) is 1.73. The van der Waals surface area contributed by atoms with Gasteiger partial charge in [-0.2, -0.15) is 0 Å². The van der Waals surface area contributed by atoms with E-state index in [1.165, 1.54) is 21.1 Å². The van der Waals surface area contributed by atoms with E-state index in [4.69, 9.17) is 14.2 Å². The quantitative estimate of drug-likeness (QED) is 0.299. The molecule has 0 heterocycles. The third kappa shape index (κ3) is 6.13. The van der Waals surface area contributed by atoms with E-state index < -0.39 is 17.4 Å². The van der Waals surface area contributed by atoms with E-state index in [2.05, 4.69) is 0 Å². The van der Waals surface area contributed by atoms with Crippen molar-refractivity contribution >= 4 is 17.7 Å². The number of carbonyl (C=O) groups excluding carboxylic acids is 2. The van der Waals surface area contributed by atoms with Gasteiger partial charge in [-0.15, -0.1) is 0 Å². The normalized spacial score (nSPS) is 14.8. The third-order valence-electron chi connectivity index (χ3n) is 7.39. The van der Waals surface area contributed by atoms with Crippen molar-refractivity contribution in [3.63, 3.8) is 0 Å². The second-order valence-electron chi connectivity index (χ2n) is 9.67. The molecular weight excluding hydrogens is 474 g/mol. The Morgan fingerprint density at radius 1 is 1.11 bits per heavy atom. The number of benzene rings is 2. The Labute approximate surface area is 218 Å². The molecule has 1 aliphatic rings. The van der Waals surface area contributed by atoms with Crippen LogP contribution >= 0.6 is 0 Å². The molecule has 200 valence electrons. The SMILES string of the molecule is COc1cc(C(C)N(CCOCc2ccccc2)C(=O)CC2(C(=O)O)CCC2)c(C)c(OC)c1C(C)=O. The number of amides is 1. The first kappa shape index (κ1) is 28.2. The maximum Gasteiger partial charge on any atom is 0.310 e. The largest absolute Gasteiger partial charge is 0.496 e. The highest BCUT2D eigenvalue weighted by atomic mass is 16.5. The molecule has 37 heavy (non-hydrogen) atoms. The fourth-order valence-electron chi connectivity index (χ4n) is 5.03. The lowest BCUT2D eigenvalue weighted by Crippen LogP contribution is -2.45. The van der Waals surface area contributed by atoms with Gasteiger partial charge in [0.1, 0.15) is 17.1 Å². The Bertz CT molecular complexity index is 1120. The van der Waals surface area contributed by atoms with Crippen molar-refractivity contribution in [3.05, 3.63) is 58.7 Å². The number of hydrogen-bond acceptors (Lipinski definition) is 6. The molecule has 1 N–H and O–H groups in total. The molecule has 1 saturated carbocycles. The number of carboxylic acid groups (broad SMARTS) is 1. The molecule has 1 fully saturated rings. The lowest BCUT2D eigenvalue weighted by atomic mass is 9.66. The van der Waals surface area contributed by atoms with Gasteiger partial charge in [-0.25, -0.2) is 0 Å². The topological polar surface area (TPSA) is 102 Å². The number of hydrogen-bond donors (Lipinski definition) is 1. The number of methoxy groups -OCH3 is 2. The number of Topliss-reactive ketones (excluding diaryl/α,β-unsaturated/α-hetero) is 1. The first-order chi connectivity index (χ1) is 17.6. The van der Waals surface area contributed by atoms with Crippen molar-refractivity contribution in [2.45, 2.75) is 59.1 Å². The summed E-state index contributed by atoms with van der Waals surface area (Å²) in [5.41, 5.74) is 1.84. The number of rotatable bonds is 13. The van der Waals surface area contributed by atoms with Gasteiger partial charge in [-0.05, 0) is 56.4 Å². The van der Waals surface area contributed by atoms with Gasteiger partial charge in [0, 0.05) is 13.0 Å². The molecule has 0 spiro atoms. The first-order valence-electron chi connectivity index (χ1n) is 12.6. The van der Waals surface area contributed by atoms with Crippen LogP contribution in [0.5, 0.6) is 11.5 Å². The zero-order valence-electron chi connectivity index (χ0n) is 22.3. The van der Waals surface area contributed by atoms with Crippen LogP contribution in [0.4, 0.5) is 0 Å². The highest BCUT2D eigenvalue weighted by Gasteiger charge is 2.47. The summed E-state index contributed by atoms with van der Waals surface area (Å²) in [6, 6.07) is 11.1. The van der Waals surface area contributed by atoms with Crippen LogP contribution in [-0.2, 0) is 20.9 Å². The van der Waals surface area contributed by atoms with Crippen LogP contribution in [0.1, 0.15) is 72.6 Å². The summed E-state index contributed by atoms with van der Waals surface area (Å²) < 4.78 is 17.0. The molecule has 2 aromatic carbocycles. The number of ketones is 1. The van der Waals surface area contributed by atoms with Crippen LogP contribution in [0, 0.1) is 12.3 Å². The number of aliphatic carboxylic acids is 1. The Morgan fingerprint density at radius 3 is 2.30 bits per heavy atom. The minimum Gasteiger partial charge on any atom is -0.496 e. The van der Waals surface area contributed by atoms with Crippen molar-refractivity contribution < 1.29 is 33.7 Å². The van der Waals surface area contributed by atoms with E-state index in [1.807, 2.05) is 44.2 Å². The Morgan fingerprint density at radius 2 is 1.78 bits per heavy atom. The average Bonchev–Trinajstić information content (AvgIpc) is 2.85. The molecule has 1 unspecified atom stereocenters. The number of nitrogens with zero attached hydrogens (tertiary/aromatic N) is 1. The summed E-state index contributed by atoms with van der Waals surface area (Å²) in [5, 5.41) is 9.81. The van der Waals surface area contributed by atoms with Crippen molar-refractivity contribution in [2.75, 3.05) is 27.4 Å². The molecule has 0 aliphatic heterocycles. The summed E-state index contributed by atoms with van der Waals surface area (Å²) in [7, 11) is 2.98. The molecule has 0 radical (unpaired) electrons. The lowest BCUT2D eigenvalue weighted by Gasteiger charge is -2.40. The van der Waals surface area contributed by atoms with Gasteiger partial charge in [-0.1, -0.05) is 36.8 Å². The summed E-state index contributed by atoms with van der Waals surface area (Å²) in [4.78, 5) is 39.6. The summed E-state index contributed by atoms with van der Waals surface area (Å²) >= 11 is 0. The fraction of sp³-hybridized carbons (Fsp3) is 0.483. The molecule has 3 rings (SSSR count). The predicted octanol–water partition coefficient (Wildman–Crippen LogP) is 4.97. The Hall–Kier alpha value is -3.39. The zero-order valence-corrected chi connectivity index (χ0v) is 22.3. The maximum atomic E-state index is 13.6. The van der Waals surface area contributed by atoms with Gasteiger partial charge >= 0.3 is 5.97 Å². The van der Waals surface area contributed by atoms with E-state index in [9.17, 15) is 19.5 Å². The Kier molecular flexibility index (Phi) is 9.32. The van der Waals surface area contributed by atoms with Crippen LogP contribution in [0.2, 0.25) is 0 Å². The highest BCUT2D eigenvalue weighted by molar-refractivity contribution is 6.00. The van der Waals surface area contributed by atoms with Crippen molar-refractivity contribution in [3.8, 4) is 11.5 Å². The van der Waals surface area contributed by atoms with E-state index in [-0.39, 0.29) is 31.3 Å². The fourth-order valence-corrected chi connectivity index (χ4v) is 5.03. The Balaban J connectivity index is 1.90. The van der Waals surface area contributed by atoms with Crippen LogP contribution < -0.4 is 9.47 Å². The van der Waals surface area contributed by atoms with Crippen molar-refractivity contribution in [1.29, 1.82) is 0 Å². The minimum absolute atomic E-state index is 0.0653. The van der Waals surface area contributed by atoms with Gasteiger partial charge in [-0.3, -0.25) is 14.4 Å². The molecule has 1 amide bonds. The maximum absolute atomic E-state index is 13.6. The molecule has 1 aliphatic carbocycles. The van der Waals surface area contributed by atoms with E-state index in [0.717, 1.165) is 23.1 Å². The van der Waals surface area contributed by atoms with Crippen molar-refractivity contribution in [1.82, 2.24) is 4.90 Å². The molecule has 2 aromatic rings. The number of carbonyl (C=O) groups is 3. The van der Waals surface area contributed by atoms with E-state index in [1.54, 1.807) is 11.0 Å². The minimum atomic E-state index is -1.01. The van der Waals surface area contributed by atoms with E-state index in [0.29, 0.717) is 36.5 Å². The predicted molar refractivity (Wildman–Crippen MR) is 139 cm³/mol. The van der Waals surface area contributed by atoms with Crippen LogP contribution in [0.25, 0.3) is 0 Å². The van der Waals surface area contributed by atoms with Gasteiger partial charge in [0.2, 0.25) is 5.91 Å². The van der Waals surface area contributed by atoms with E-state index >= 15 is 0 Å². The molecule has 8 heteroatoms. The second kappa shape index (κ2) is 12.2.